The predicted octanol–water partition coefficient (Wildman–Crippen LogP) is 4.30. The summed E-state index contributed by atoms with van der Waals surface area (Å²) in [5, 5.41) is 21.5. The highest BCUT2D eigenvalue weighted by Crippen LogP contribution is 2.31. The molecule has 1 aromatic heterocycles. The largest absolute Gasteiger partial charge is 0.396 e. The van der Waals surface area contributed by atoms with Gasteiger partial charge in [-0.25, -0.2) is 4.98 Å². The molecular weight excluding hydrogens is 433 g/mol. The molecule has 168 valence electrons. The van der Waals surface area contributed by atoms with E-state index in [1.54, 1.807) is 0 Å². The van der Waals surface area contributed by atoms with Crippen LogP contribution in [-0.4, -0.2) is 59.4 Å². The first-order chi connectivity index (χ1) is 14.2. The van der Waals surface area contributed by atoms with E-state index in [1.165, 1.54) is 10.8 Å². The van der Waals surface area contributed by atoms with Crippen LogP contribution in [0.1, 0.15) is 25.0 Å². The number of likely N-dealkylation sites (N-methyl/N-ethyl adjacent to an activating group) is 1. The number of rotatable bonds is 6. The van der Waals surface area contributed by atoms with Gasteiger partial charge < -0.3 is 20.0 Å². The minimum atomic E-state index is -0.635. The molecule has 2 aromatic carbocycles. The number of aliphatic hydroxyl groups excluding tert-OH is 2. The van der Waals surface area contributed by atoms with E-state index in [2.05, 4.69) is 47.1 Å². The standard InChI is InChI=1S/C24H29N3O2.2ClH/c1-2-26-12-14-27(15-13-26)24-21-6-4-3-5-20(21)17-22(25-24)18-7-9-19(10-8-18)23(29)11-16-28;;/h3-10,17,23,28-29H,2,11-16H2,1H3;2*1H. The van der Waals surface area contributed by atoms with Crippen LogP contribution in [0.15, 0.2) is 54.6 Å². The second kappa shape index (κ2) is 11.7. The molecule has 1 unspecified atom stereocenters. The summed E-state index contributed by atoms with van der Waals surface area (Å²) in [5.74, 6) is 1.05. The van der Waals surface area contributed by atoms with Gasteiger partial charge in [0.05, 0.1) is 11.8 Å². The van der Waals surface area contributed by atoms with Gasteiger partial charge >= 0.3 is 0 Å². The normalized spacial score (nSPS) is 15.3. The van der Waals surface area contributed by atoms with Crippen LogP contribution in [-0.2, 0) is 0 Å². The smallest absolute Gasteiger partial charge is 0.137 e. The van der Waals surface area contributed by atoms with Crippen LogP contribution in [0.5, 0.6) is 0 Å². The van der Waals surface area contributed by atoms with E-state index in [4.69, 9.17) is 10.1 Å². The van der Waals surface area contributed by atoms with Gasteiger partial charge in [-0.15, -0.1) is 24.8 Å². The van der Waals surface area contributed by atoms with Gasteiger partial charge in [-0.1, -0.05) is 55.5 Å². The van der Waals surface area contributed by atoms with Gasteiger partial charge in [-0.3, -0.25) is 0 Å². The van der Waals surface area contributed by atoms with Gasteiger partial charge in [0.2, 0.25) is 0 Å². The maximum Gasteiger partial charge on any atom is 0.137 e. The number of pyridine rings is 1. The highest BCUT2D eigenvalue weighted by Gasteiger charge is 2.20. The van der Waals surface area contributed by atoms with Gasteiger partial charge in [-0.2, -0.15) is 0 Å². The highest BCUT2D eigenvalue weighted by atomic mass is 35.5. The Morgan fingerprint density at radius 3 is 2.29 bits per heavy atom. The fraction of sp³-hybridized carbons (Fsp3) is 0.375. The monoisotopic (exact) mass is 463 g/mol. The Morgan fingerprint density at radius 1 is 0.968 bits per heavy atom. The molecule has 3 aromatic rings. The first-order valence-corrected chi connectivity index (χ1v) is 10.5. The zero-order valence-electron chi connectivity index (χ0n) is 17.8. The van der Waals surface area contributed by atoms with Crippen LogP contribution in [0, 0.1) is 0 Å². The Kier molecular flexibility index (Phi) is 9.54. The molecule has 1 atom stereocenters. The first kappa shape index (κ1) is 25.4. The van der Waals surface area contributed by atoms with Crippen molar-refractivity contribution >= 4 is 41.4 Å². The number of fused-ring (bicyclic) bond motifs is 1. The lowest BCUT2D eigenvalue weighted by Gasteiger charge is -2.35. The second-order valence-corrected chi connectivity index (χ2v) is 7.62. The summed E-state index contributed by atoms with van der Waals surface area (Å²) in [5.41, 5.74) is 2.79. The van der Waals surface area contributed by atoms with Crippen LogP contribution >= 0.6 is 24.8 Å². The van der Waals surface area contributed by atoms with Gasteiger partial charge in [0.15, 0.2) is 0 Å². The molecule has 5 nitrogen and oxygen atoms in total. The Hall–Kier alpha value is -1.89. The third-order valence-corrected chi connectivity index (χ3v) is 5.83. The summed E-state index contributed by atoms with van der Waals surface area (Å²) in [6.45, 7) is 7.38. The molecule has 1 aliphatic heterocycles. The SMILES string of the molecule is CCN1CCN(c2nc(-c3ccc(C(O)CCO)cc3)cc3ccccc23)CC1.Cl.Cl. The maximum absolute atomic E-state index is 10.1. The van der Waals surface area contributed by atoms with Crippen molar-refractivity contribution in [3.05, 3.63) is 60.2 Å². The summed E-state index contributed by atoms with van der Waals surface area (Å²) in [6, 6.07) is 18.4. The number of anilines is 1. The molecule has 0 radical (unpaired) electrons. The average Bonchev–Trinajstić information content (AvgIpc) is 2.78. The number of aliphatic hydroxyl groups is 2. The molecule has 31 heavy (non-hydrogen) atoms. The molecule has 4 rings (SSSR count). The summed E-state index contributed by atoms with van der Waals surface area (Å²) < 4.78 is 0. The minimum Gasteiger partial charge on any atom is -0.396 e. The van der Waals surface area contributed by atoms with Crippen molar-refractivity contribution in [3.63, 3.8) is 0 Å². The summed E-state index contributed by atoms with van der Waals surface area (Å²) in [7, 11) is 0. The van der Waals surface area contributed by atoms with E-state index >= 15 is 0 Å². The molecule has 7 heteroatoms. The van der Waals surface area contributed by atoms with E-state index in [0.29, 0.717) is 6.42 Å². The zero-order valence-corrected chi connectivity index (χ0v) is 19.4. The molecule has 0 aliphatic carbocycles. The first-order valence-electron chi connectivity index (χ1n) is 10.5. The fourth-order valence-electron chi connectivity index (χ4n) is 4.01. The second-order valence-electron chi connectivity index (χ2n) is 7.62. The van der Waals surface area contributed by atoms with Crippen molar-refractivity contribution in [2.75, 3.05) is 44.2 Å². The van der Waals surface area contributed by atoms with Crippen molar-refractivity contribution < 1.29 is 10.2 Å². The zero-order chi connectivity index (χ0) is 20.2. The third kappa shape index (κ3) is 5.68. The summed E-state index contributed by atoms with van der Waals surface area (Å²) in [4.78, 5) is 9.93. The van der Waals surface area contributed by atoms with Crippen molar-refractivity contribution in [2.24, 2.45) is 0 Å². The Labute approximate surface area is 196 Å². The van der Waals surface area contributed by atoms with Gasteiger partial charge in [0.25, 0.3) is 0 Å². The van der Waals surface area contributed by atoms with Crippen molar-refractivity contribution in [3.8, 4) is 11.3 Å². The van der Waals surface area contributed by atoms with E-state index in [0.717, 1.165) is 55.4 Å². The molecule has 2 heterocycles. The van der Waals surface area contributed by atoms with Gasteiger partial charge in [0, 0.05) is 50.2 Å². The number of benzene rings is 2. The van der Waals surface area contributed by atoms with Gasteiger partial charge in [0.1, 0.15) is 5.82 Å². The quantitative estimate of drug-likeness (QED) is 0.570. The lowest BCUT2D eigenvalue weighted by Crippen LogP contribution is -2.46. The molecule has 0 bridgehead atoms. The molecule has 1 aliphatic rings. The summed E-state index contributed by atoms with van der Waals surface area (Å²) in [6.07, 6.45) is -0.286. The van der Waals surface area contributed by atoms with Crippen LogP contribution in [0.4, 0.5) is 5.82 Å². The molecule has 0 spiro atoms. The topological polar surface area (TPSA) is 59.8 Å². The predicted molar refractivity (Wildman–Crippen MR) is 133 cm³/mol. The fourth-order valence-corrected chi connectivity index (χ4v) is 4.01. The lowest BCUT2D eigenvalue weighted by molar-refractivity contribution is 0.134. The molecule has 1 saturated heterocycles. The molecule has 1 fully saturated rings. The molecule has 2 N–H and O–H groups in total. The number of halogens is 2. The van der Waals surface area contributed by atoms with Crippen molar-refractivity contribution in [2.45, 2.75) is 19.4 Å². The third-order valence-electron chi connectivity index (χ3n) is 5.83. The van der Waals surface area contributed by atoms with Crippen molar-refractivity contribution in [1.29, 1.82) is 0 Å². The van der Waals surface area contributed by atoms with Crippen LogP contribution in [0.3, 0.4) is 0 Å². The summed E-state index contributed by atoms with van der Waals surface area (Å²) >= 11 is 0. The van der Waals surface area contributed by atoms with Crippen LogP contribution in [0.2, 0.25) is 0 Å². The molecular formula is C24H31Cl2N3O2. The maximum atomic E-state index is 10.1. The Morgan fingerprint density at radius 2 is 1.65 bits per heavy atom. The highest BCUT2D eigenvalue weighted by molar-refractivity contribution is 5.95. The van der Waals surface area contributed by atoms with E-state index in [1.807, 2.05) is 24.3 Å². The molecule has 0 amide bonds. The minimum absolute atomic E-state index is 0. The number of piperazine rings is 1. The van der Waals surface area contributed by atoms with Crippen molar-refractivity contribution in [1.82, 2.24) is 9.88 Å². The number of hydrogen-bond donors (Lipinski definition) is 2. The van der Waals surface area contributed by atoms with E-state index in [-0.39, 0.29) is 31.4 Å². The van der Waals surface area contributed by atoms with Crippen LogP contribution in [0.25, 0.3) is 22.0 Å². The number of nitrogens with zero attached hydrogens (tertiary/aromatic N) is 3. The van der Waals surface area contributed by atoms with Gasteiger partial charge in [-0.05, 0) is 23.6 Å². The van der Waals surface area contributed by atoms with E-state index in [9.17, 15) is 5.11 Å². The Bertz CT molecular complexity index is 961. The Balaban J connectivity index is 0.00000171. The number of hydrogen-bond acceptors (Lipinski definition) is 5. The lowest BCUT2D eigenvalue weighted by atomic mass is 10.0. The average molecular weight is 464 g/mol. The molecule has 0 saturated carbocycles. The number of aromatic nitrogens is 1. The van der Waals surface area contributed by atoms with E-state index < -0.39 is 6.10 Å². The van der Waals surface area contributed by atoms with Crippen LogP contribution < -0.4 is 4.90 Å².